The number of oxime groups is 1. The first-order valence-corrected chi connectivity index (χ1v) is 6.61. The lowest BCUT2D eigenvalue weighted by Crippen LogP contribution is -2.37. The standard InChI is InChI=1S/C14H22N4O/c1-17-9-5-6-11(17)10-18(2)13-8-4-3-7-12(13)14(15)16-19/h3-4,7-8,11,19H,5-6,9-10H2,1-2H3,(H2,15,16). The van der Waals surface area contributed by atoms with Gasteiger partial charge in [-0.05, 0) is 38.6 Å². The highest BCUT2D eigenvalue weighted by Crippen LogP contribution is 2.22. The molecule has 1 heterocycles. The van der Waals surface area contributed by atoms with E-state index < -0.39 is 0 Å². The van der Waals surface area contributed by atoms with Gasteiger partial charge in [-0.1, -0.05) is 17.3 Å². The average Bonchev–Trinajstić information content (AvgIpc) is 2.83. The zero-order valence-corrected chi connectivity index (χ0v) is 11.6. The zero-order chi connectivity index (χ0) is 13.8. The van der Waals surface area contributed by atoms with E-state index in [4.69, 9.17) is 10.9 Å². The summed E-state index contributed by atoms with van der Waals surface area (Å²) in [7, 11) is 4.22. The zero-order valence-electron chi connectivity index (χ0n) is 11.6. The number of hydrogen-bond donors (Lipinski definition) is 2. The van der Waals surface area contributed by atoms with E-state index >= 15 is 0 Å². The van der Waals surface area contributed by atoms with Crippen LogP contribution in [0.1, 0.15) is 18.4 Å². The second-order valence-electron chi connectivity index (χ2n) is 5.16. The second kappa shape index (κ2) is 5.93. The molecule has 1 unspecified atom stereocenters. The minimum Gasteiger partial charge on any atom is -0.409 e. The molecule has 2 rings (SSSR count). The molecule has 1 atom stereocenters. The second-order valence-corrected chi connectivity index (χ2v) is 5.16. The van der Waals surface area contributed by atoms with Crippen LogP contribution in [0, 0.1) is 0 Å². The molecule has 0 bridgehead atoms. The van der Waals surface area contributed by atoms with E-state index in [0.717, 1.165) is 17.8 Å². The van der Waals surface area contributed by atoms with Crippen molar-refractivity contribution in [2.45, 2.75) is 18.9 Å². The van der Waals surface area contributed by atoms with Crippen molar-refractivity contribution < 1.29 is 5.21 Å². The molecule has 1 aromatic carbocycles. The minimum absolute atomic E-state index is 0.155. The number of benzene rings is 1. The summed E-state index contributed by atoms with van der Waals surface area (Å²) in [5.74, 6) is 0.155. The van der Waals surface area contributed by atoms with Crippen LogP contribution in [0.3, 0.4) is 0 Å². The number of nitrogens with zero attached hydrogens (tertiary/aromatic N) is 3. The molecule has 19 heavy (non-hydrogen) atoms. The summed E-state index contributed by atoms with van der Waals surface area (Å²) < 4.78 is 0. The van der Waals surface area contributed by atoms with Gasteiger partial charge in [0.2, 0.25) is 0 Å². The van der Waals surface area contributed by atoms with E-state index in [2.05, 4.69) is 29.1 Å². The first-order chi connectivity index (χ1) is 9.13. The van der Waals surface area contributed by atoms with Crippen LogP contribution in [0.5, 0.6) is 0 Å². The minimum atomic E-state index is 0.155. The van der Waals surface area contributed by atoms with Crippen molar-refractivity contribution in [3.8, 4) is 0 Å². The Balaban J connectivity index is 2.16. The highest BCUT2D eigenvalue weighted by molar-refractivity contribution is 6.02. The quantitative estimate of drug-likeness (QED) is 0.372. The Morgan fingerprint density at radius 1 is 1.53 bits per heavy atom. The van der Waals surface area contributed by atoms with Gasteiger partial charge in [-0.15, -0.1) is 0 Å². The summed E-state index contributed by atoms with van der Waals surface area (Å²) in [6, 6.07) is 8.32. The molecule has 0 spiro atoms. The van der Waals surface area contributed by atoms with Gasteiger partial charge < -0.3 is 20.7 Å². The van der Waals surface area contributed by atoms with Gasteiger partial charge in [0.1, 0.15) is 0 Å². The molecule has 104 valence electrons. The normalized spacial score (nSPS) is 20.7. The van der Waals surface area contributed by atoms with Crippen LogP contribution in [-0.2, 0) is 0 Å². The molecule has 1 aromatic rings. The number of anilines is 1. The van der Waals surface area contributed by atoms with Crippen molar-refractivity contribution in [3.63, 3.8) is 0 Å². The van der Waals surface area contributed by atoms with Crippen molar-refractivity contribution in [1.82, 2.24) is 4.90 Å². The van der Waals surface area contributed by atoms with Gasteiger partial charge >= 0.3 is 0 Å². The predicted octanol–water partition coefficient (Wildman–Crippen LogP) is 1.31. The predicted molar refractivity (Wildman–Crippen MR) is 77.9 cm³/mol. The van der Waals surface area contributed by atoms with E-state index in [1.807, 2.05) is 24.3 Å². The van der Waals surface area contributed by atoms with Crippen LogP contribution in [-0.4, -0.2) is 49.2 Å². The maximum atomic E-state index is 8.86. The Kier molecular flexibility index (Phi) is 4.27. The monoisotopic (exact) mass is 262 g/mol. The molecule has 0 aromatic heterocycles. The van der Waals surface area contributed by atoms with Crippen LogP contribution in [0.4, 0.5) is 5.69 Å². The summed E-state index contributed by atoms with van der Waals surface area (Å²) >= 11 is 0. The van der Waals surface area contributed by atoms with Gasteiger partial charge in [0.15, 0.2) is 5.84 Å². The Labute approximate surface area is 114 Å². The van der Waals surface area contributed by atoms with Gasteiger partial charge in [0, 0.05) is 30.9 Å². The first-order valence-electron chi connectivity index (χ1n) is 6.61. The van der Waals surface area contributed by atoms with Crippen LogP contribution >= 0.6 is 0 Å². The highest BCUT2D eigenvalue weighted by atomic mass is 16.4. The molecule has 0 amide bonds. The molecular weight excluding hydrogens is 240 g/mol. The molecule has 0 aliphatic carbocycles. The molecule has 5 heteroatoms. The smallest absolute Gasteiger partial charge is 0.172 e. The SMILES string of the molecule is CN(CC1CCCN1C)c1ccccc1C(N)=NO. The maximum Gasteiger partial charge on any atom is 0.172 e. The summed E-state index contributed by atoms with van der Waals surface area (Å²) in [4.78, 5) is 4.57. The molecule has 1 aliphatic heterocycles. The summed E-state index contributed by atoms with van der Waals surface area (Å²) in [6.07, 6.45) is 2.49. The molecule has 1 fully saturated rings. The number of amidine groups is 1. The van der Waals surface area contributed by atoms with E-state index in [1.54, 1.807) is 0 Å². The molecule has 3 N–H and O–H groups in total. The molecule has 1 saturated heterocycles. The number of nitrogens with two attached hydrogens (primary N) is 1. The van der Waals surface area contributed by atoms with Gasteiger partial charge in [-0.3, -0.25) is 0 Å². The number of hydrogen-bond acceptors (Lipinski definition) is 4. The topological polar surface area (TPSA) is 65.1 Å². The maximum absolute atomic E-state index is 8.86. The summed E-state index contributed by atoms with van der Waals surface area (Å²) in [6.45, 7) is 2.12. The van der Waals surface area contributed by atoms with Crippen molar-refractivity contribution in [2.24, 2.45) is 10.9 Å². The third-order valence-electron chi connectivity index (χ3n) is 3.86. The van der Waals surface area contributed by atoms with Crippen LogP contribution in [0.15, 0.2) is 29.4 Å². The lowest BCUT2D eigenvalue weighted by molar-refractivity contribution is 0.314. The molecular formula is C14H22N4O. The fraction of sp³-hybridized carbons (Fsp3) is 0.500. The van der Waals surface area contributed by atoms with Gasteiger partial charge in [-0.2, -0.15) is 0 Å². The summed E-state index contributed by atoms with van der Waals surface area (Å²) in [5, 5.41) is 12.0. The Bertz CT molecular complexity index is 461. The lowest BCUT2D eigenvalue weighted by Gasteiger charge is -2.28. The number of likely N-dealkylation sites (tertiary alicyclic amines) is 1. The largest absolute Gasteiger partial charge is 0.409 e. The Morgan fingerprint density at radius 3 is 2.89 bits per heavy atom. The van der Waals surface area contributed by atoms with E-state index in [0.29, 0.717) is 6.04 Å². The van der Waals surface area contributed by atoms with Gasteiger partial charge in [-0.25, -0.2) is 0 Å². The van der Waals surface area contributed by atoms with E-state index in [-0.39, 0.29) is 5.84 Å². The fourth-order valence-corrected chi connectivity index (χ4v) is 2.70. The molecule has 5 nitrogen and oxygen atoms in total. The first kappa shape index (κ1) is 13.7. The number of para-hydroxylation sites is 1. The van der Waals surface area contributed by atoms with E-state index in [9.17, 15) is 0 Å². The Morgan fingerprint density at radius 2 is 2.26 bits per heavy atom. The Hall–Kier alpha value is -1.75. The van der Waals surface area contributed by atoms with Crippen LogP contribution in [0.2, 0.25) is 0 Å². The molecule has 1 aliphatic rings. The van der Waals surface area contributed by atoms with Crippen molar-refractivity contribution in [1.29, 1.82) is 0 Å². The molecule has 0 radical (unpaired) electrons. The third kappa shape index (κ3) is 2.98. The van der Waals surface area contributed by atoms with Crippen LogP contribution in [0.25, 0.3) is 0 Å². The summed E-state index contributed by atoms with van der Waals surface area (Å²) in [5.41, 5.74) is 7.50. The third-order valence-corrected chi connectivity index (χ3v) is 3.86. The molecule has 0 saturated carbocycles. The lowest BCUT2D eigenvalue weighted by atomic mass is 10.1. The highest BCUT2D eigenvalue weighted by Gasteiger charge is 2.23. The van der Waals surface area contributed by atoms with Gasteiger partial charge in [0.25, 0.3) is 0 Å². The van der Waals surface area contributed by atoms with Crippen LogP contribution < -0.4 is 10.6 Å². The van der Waals surface area contributed by atoms with Crippen molar-refractivity contribution >= 4 is 11.5 Å². The average molecular weight is 262 g/mol. The van der Waals surface area contributed by atoms with Crippen molar-refractivity contribution in [3.05, 3.63) is 29.8 Å². The van der Waals surface area contributed by atoms with E-state index in [1.165, 1.54) is 19.4 Å². The number of likely N-dealkylation sites (N-methyl/N-ethyl adjacent to an activating group) is 2. The van der Waals surface area contributed by atoms with Gasteiger partial charge in [0.05, 0.1) is 0 Å². The number of rotatable bonds is 4. The fourth-order valence-electron chi connectivity index (χ4n) is 2.70. The van der Waals surface area contributed by atoms with Crippen molar-refractivity contribution in [2.75, 3.05) is 32.1 Å².